The summed E-state index contributed by atoms with van der Waals surface area (Å²) in [5, 5.41) is 2.94. The first-order valence-electron chi connectivity index (χ1n) is 10.4. The molecule has 1 aliphatic carbocycles. The van der Waals surface area contributed by atoms with Gasteiger partial charge in [0, 0.05) is 41.3 Å². The Labute approximate surface area is 180 Å². The number of amides is 1. The molecule has 0 radical (unpaired) electrons. The van der Waals surface area contributed by atoms with Crippen LogP contribution >= 0.6 is 0 Å². The zero-order valence-electron chi connectivity index (χ0n) is 17.8. The number of carbonyl (C=O) groups is 2. The third kappa shape index (κ3) is 3.44. The zero-order chi connectivity index (χ0) is 21.8. The minimum absolute atomic E-state index is 0.0944. The number of Topliss-reactive ketones (excluding diaryl/α,β-unsaturated/α-hetero) is 1. The van der Waals surface area contributed by atoms with E-state index in [-0.39, 0.29) is 17.1 Å². The molecule has 3 aromatic heterocycles. The number of rotatable bonds is 3. The lowest BCUT2D eigenvalue weighted by atomic mass is 9.75. The number of aromatic amines is 1. The van der Waals surface area contributed by atoms with E-state index in [1.165, 1.54) is 0 Å². The van der Waals surface area contributed by atoms with Crippen LogP contribution in [0.25, 0.3) is 16.9 Å². The van der Waals surface area contributed by atoms with Gasteiger partial charge >= 0.3 is 0 Å². The number of imidazole rings is 1. The van der Waals surface area contributed by atoms with Crippen molar-refractivity contribution in [2.75, 3.05) is 5.32 Å². The molecule has 6 heteroatoms. The molecule has 0 bridgehead atoms. The topological polar surface area (TPSA) is 79.3 Å². The van der Waals surface area contributed by atoms with E-state index in [9.17, 15) is 9.59 Å². The van der Waals surface area contributed by atoms with Crippen LogP contribution in [0.4, 0.5) is 5.69 Å². The van der Waals surface area contributed by atoms with Crippen molar-refractivity contribution in [1.82, 2.24) is 14.4 Å². The van der Waals surface area contributed by atoms with Crippen molar-refractivity contribution in [3.8, 4) is 11.3 Å². The van der Waals surface area contributed by atoms with Crippen LogP contribution in [0.2, 0.25) is 0 Å². The lowest BCUT2D eigenvalue weighted by Gasteiger charge is -2.28. The highest BCUT2D eigenvalue weighted by molar-refractivity contribution is 6.08. The fraction of sp³-hybridized carbons (Fsp3) is 0.240. The normalized spacial score (nSPS) is 15.1. The van der Waals surface area contributed by atoms with Crippen molar-refractivity contribution in [3.05, 3.63) is 77.4 Å². The molecule has 2 N–H and O–H groups in total. The number of hydrogen-bond acceptors (Lipinski definition) is 3. The maximum atomic E-state index is 12.9. The van der Waals surface area contributed by atoms with Crippen LogP contribution in [0, 0.1) is 12.3 Å². The highest BCUT2D eigenvalue weighted by Crippen LogP contribution is 2.36. The Hall–Kier alpha value is -3.67. The predicted molar refractivity (Wildman–Crippen MR) is 121 cm³/mol. The van der Waals surface area contributed by atoms with E-state index in [0.29, 0.717) is 23.4 Å². The first-order chi connectivity index (χ1) is 14.8. The average molecular weight is 412 g/mol. The number of carbonyl (C=O) groups excluding carboxylic acids is 2. The Kier molecular flexibility index (Phi) is 4.32. The summed E-state index contributed by atoms with van der Waals surface area (Å²) in [5.41, 5.74) is 6.07. The van der Waals surface area contributed by atoms with E-state index < -0.39 is 0 Å². The smallest absolute Gasteiger partial charge is 0.272 e. The van der Waals surface area contributed by atoms with Crippen LogP contribution in [-0.2, 0) is 6.42 Å². The molecule has 3 heterocycles. The van der Waals surface area contributed by atoms with Crippen LogP contribution in [-0.4, -0.2) is 26.1 Å². The van der Waals surface area contributed by atoms with Gasteiger partial charge < -0.3 is 14.7 Å². The second-order valence-corrected chi connectivity index (χ2v) is 9.04. The van der Waals surface area contributed by atoms with Crippen LogP contribution in [0.1, 0.15) is 52.4 Å². The second-order valence-electron chi connectivity index (χ2n) is 9.04. The summed E-state index contributed by atoms with van der Waals surface area (Å²) in [6.07, 6.45) is 5.21. The van der Waals surface area contributed by atoms with Gasteiger partial charge in [0.15, 0.2) is 5.78 Å². The molecular formula is C25H24N4O2. The van der Waals surface area contributed by atoms with Gasteiger partial charge in [-0.25, -0.2) is 4.98 Å². The standard InChI is InChI=1S/C25H24N4O2/c1-15-22-18(12-25(2,3)13-20(22)30)28-23(15)24(31)26-17-9-7-16(8-10-17)19-14-29-11-5-4-6-21(29)27-19/h4-11,14,28H,12-13H2,1-3H3,(H,26,31). The van der Waals surface area contributed by atoms with Gasteiger partial charge in [0.1, 0.15) is 11.3 Å². The molecule has 0 unspecified atom stereocenters. The number of aromatic nitrogens is 3. The van der Waals surface area contributed by atoms with Gasteiger partial charge in [-0.2, -0.15) is 0 Å². The molecule has 0 atom stereocenters. The highest BCUT2D eigenvalue weighted by Gasteiger charge is 2.35. The van der Waals surface area contributed by atoms with Gasteiger partial charge in [0.2, 0.25) is 0 Å². The largest absolute Gasteiger partial charge is 0.354 e. The van der Waals surface area contributed by atoms with Crippen LogP contribution in [0.15, 0.2) is 54.9 Å². The molecule has 0 saturated carbocycles. The van der Waals surface area contributed by atoms with E-state index in [0.717, 1.165) is 34.6 Å². The Balaban J connectivity index is 1.37. The molecule has 1 amide bonds. The number of nitrogens with zero attached hydrogens (tertiary/aromatic N) is 2. The summed E-state index contributed by atoms with van der Waals surface area (Å²) in [6.45, 7) is 6.00. The van der Waals surface area contributed by atoms with Gasteiger partial charge in [0.25, 0.3) is 5.91 Å². The highest BCUT2D eigenvalue weighted by atomic mass is 16.2. The third-order valence-electron chi connectivity index (χ3n) is 5.93. The molecule has 0 spiro atoms. The molecule has 156 valence electrons. The van der Waals surface area contributed by atoms with Gasteiger partial charge in [-0.05, 0) is 48.6 Å². The summed E-state index contributed by atoms with van der Waals surface area (Å²) in [6, 6.07) is 13.5. The van der Waals surface area contributed by atoms with Crippen LogP contribution < -0.4 is 5.32 Å². The Morgan fingerprint density at radius 3 is 2.65 bits per heavy atom. The maximum absolute atomic E-state index is 12.9. The molecule has 0 fully saturated rings. The van der Waals surface area contributed by atoms with E-state index in [1.807, 2.05) is 66.2 Å². The summed E-state index contributed by atoms with van der Waals surface area (Å²) in [7, 11) is 0. The number of pyridine rings is 1. The van der Waals surface area contributed by atoms with Gasteiger partial charge in [-0.1, -0.05) is 32.0 Å². The minimum Gasteiger partial charge on any atom is -0.354 e. The van der Waals surface area contributed by atoms with Crippen molar-refractivity contribution in [1.29, 1.82) is 0 Å². The van der Waals surface area contributed by atoms with Gasteiger partial charge in [-0.15, -0.1) is 0 Å². The van der Waals surface area contributed by atoms with Crippen molar-refractivity contribution in [3.63, 3.8) is 0 Å². The number of anilines is 1. The number of hydrogen-bond donors (Lipinski definition) is 2. The molecule has 31 heavy (non-hydrogen) atoms. The maximum Gasteiger partial charge on any atom is 0.272 e. The monoisotopic (exact) mass is 412 g/mol. The fourth-order valence-electron chi connectivity index (χ4n) is 4.45. The van der Waals surface area contributed by atoms with E-state index in [1.54, 1.807) is 0 Å². The number of ketones is 1. The van der Waals surface area contributed by atoms with Gasteiger partial charge in [0.05, 0.1) is 5.69 Å². The number of benzene rings is 1. The first kappa shape index (κ1) is 19.3. The van der Waals surface area contributed by atoms with Gasteiger partial charge in [-0.3, -0.25) is 9.59 Å². The molecule has 1 aliphatic rings. The molecular weight excluding hydrogens is 388 g/mol. The van der Waals surface area contributed by atoms with E-state index in [4.69, 9.17) is 0 Å². The molecule has 0 saturated heterocycles. The predicted octanol–water partition coefficient (Wildman–Crippen LogP) is 5.05. The Morgan fingerprint density at radius 2 is 1.90 bits per heavy atom. The molecule has 6 nitrogen and oxygen atoms in total. The number of fused-ring (bicyclic) bond motifs is 2. The lowest BCUT2D eigenvalue weighted by molar-refractivity contribution is 0.0910. The Bertz CT molecular complexity index is 1290. The summed E-state index contributed by atoms with van der Waals surface area (Å²) in [4.78, 5) is 33.4. The third-order valence-corrected chi connectivity index (χ3v) is 5.93. The van der Waals surface area contributed by atoms with Crippen molar-refractivity contribution < 1.29 is 9.59 Å². The second kappa shape index (κ2) is 6.94. The number of H-pyrrole nitrogens is 1. The SMILES string of the molecule is Cc1c(C(=O)Nc2ccc(-c3cn4ccccc4n3)cc2)[nH]c2c1C(=O)CC(C)(C)C2. The van der Waals surface area contributed by atoms with E-state index in [2.05, 4.69) is 29.1 Å². The van der Waals surface area contributed by atoms with Crippen molar-refractivity contribution in [2.24, 2.45) is 5.41 Å². The van der Waals surface area contributed by atoms with E-state index >= 15 is 0 Å². The van der Waals surface area contributed by atoms with Crippen LogP contribution in [0.3, 0.4) is 0 Å². The fourth-order valence-corrected chi connectivity index (χ4v) is 4.45. The minimum atomic E-state index is -0.238. The Morgan fingerprint density at radius 1 is 1.13 bits per heavy atom. The molecule has 4 aromatic rings. The summed E-state index contributed by atoms with van der Waals surface area (Å²) < 4.78 is 1.98. The summed E-state index contributed by atoms with van der Waals surface area (Å²) >= 11 is 0. The summed E-state index contributed by atoms with van der Waals surface area (Å²) in [5.74, 6) is -0.131. The molecule has 0 aliphatic heterocycles. The van der Waals surface area contributed by atoms with Crippen molar-refractivity contribution >= 4 is 23.0 Å². The molecule has 5 rings (SSSR count). The average Bonchev–Trinajstić information content (AvgIpc) is 3.29. The number of nitrogens with one attached hydrogen (secondary N) is 2. The van der Waals surface area contributed by atoms with Crippen molar-refractivity contribution in [2.45, 2.75) is 33.6 Å². The lowest BCUT2D eigenvalue weighted by Crippen LogP contribution is -2.26. The first-order valence-corrected chi connectivity index (χ1v) is 10.4. The quantitative estimate of drug-likeness (QED) is 0.494. The van der Waals surface area contributed by atoms with Crippen LogP contribution in [0.5, 0.6) is 0 Å². The molecule has 1 aromatic carbocycles. The zero-order valence-corrected chi connectivity index (χ0v) is 17.8.